The number of piperidine rings is 1. The highest BCUT2D eigenvalue weighted by Gasteiger charge is 2.23. The number of hydrogen-bond donors (Lipinski definition) is 1. The molecule has 162 valence electrons. The van der Waals surface area contributed by atoms with Gasteiger partial charge >= 0.3 is 0 Å². The van der Waals surface area contributed by atoms with E-state index in [0.29, 0.717) is 36.9 Å². The fourth-order valence-electron chi connectivity index (χ4n) is 4.28. The van der Waals surface area contributed by atoms with Crippen LogP contribution in [-0.4, -0.2) is 52.1 Å². The van der Waals surface area contributed by atoms with Gasteiger partial charge in [0, 0.05) is 32.7 Å². The van der Waals surface area contributed by atoms with Crippen LogP contribution in [0.5, 0.6) is 0 Å². The first-order chi connectivity index (χ1) is 14.0. The number of carbonyl (C=O) groups is 1. The number of benzene rings is 1. The Morgan fingerprint density at radius 1 is 1.21 bits per heavy atom. The van der Waals surface area contributed by atoms with Gasteiger partial charge in [0.1, 0.15) is 0 Å². The second kappa shape index (κ2) is 10.5. The fourth-order valence-corrected chi connectivity index (χ4v) is 5.40. The molecule has 1 N–H and O–H groups in total. The maximum absolute atomic E-state index is 12.6. The first-order valence-corrected chi connectivity index (χ1v) is 12.4. The summed E-state index contributed by atoms with van der Waals surface area (Å²) in [5, 5.41) is 0. The number of sulfonamides is 1. The molecule has 0 radical (unpaired) electrons. The van der Waals surface area contributed by atoms with Crippen LogP contribution in [0.25, 0.3) is 0 Å². The van der Waals surface area contributed by atoms with E-state index in [4.69, 9.17) is 4.74 Å². The van der Waals surface area contributed by atoms with E-state index < -0.39 is 10.0 Å². The Kier molecular flexibility index (Phi) is 8.09. The predicted molar refractivity (Wildman–Crippen MR) is 113 cm³/mol. The van der Waals surface area contributed by atoms with Gasteiger partial charge in [-0.3, -0.25) is 4.79 Å². The number of nitrogens with one attached hydrogen (secondary N) is 1. The zero-order valence-corrected chi connectivity index (χ0v) is 18.3. The molecular formula is C22H34N2O4S. The molecule has 1 amide bonds. The fraction of sp³-hybridized carbons (Fsp3) is 0.682. The maximum Gasteiger partial charge on any atom is 0.240 e. The molecule has 1 saturated heterocycles. The number of fused-ring (bicyclic) bond motifs is 1. The van der Waals surface area contributed by atoms with Gasteiger partial charge < -0.3 is 9.64 Å². The van der Waals surface area contributed by atoms with E-state index in [1.165, 1.54) is 12.0 Å². The minimum absolute atomic E-state index is 0.110. The van der Waals surface area contributed by atoms with Crippen molar-refractivity contribution >= 4 is 15.9 Å². The van der Waals surface area contributed by atoms with Crippen molar-refractivity contribution < 1.29 is 17.9 Å². The molecule has 29 heavy (non-hydrogen) atoms. The largest absolute Gasteiger partial charge is 0.381 e. The molecule has 1 aromatic rings. The zero-order valence-electron chi connectivity index (χ0n) is 17.5. The minimum atomic E-state index is -3.53. The lowest BCUT2D eigenvalue weighted by Gasteiger charge is -2.32. The third-order valence-corrected chi connectivity index (χ3v) is 7.38. The van der Waals surface area contributed by atoms with E-state index in [2.05, 4.69) is 4.72 Å². The first kappa shape index (κ1) is 22.2. The summed E-state index contributed by atoms with van der Waals surface area (Å²) < 4.78 is 33.3. The molecule has 1 heterocycles. The van der Waals surface area contributed by atoms with Crippen molar-refractivity contribution in [3.05, 3.63) is 29.3 Å². The molecule has 6 nitrogen and oxygen atoms in total. The van der Waals surface area contributed by atoms with Crippen molar-refractivity contribution in [2.75, 3.05) is 32.8 Å². The Morgan fingerprint density at radius 2 is 2.00 bits per heavy atom. The van der Waals surface area contributed by atoms with Gasteiger partial charge in [-0.2, -0.15) is 0 Å². The van der Waals surface area contributed by atoms with Crippen LogP contribution >= 0.6 is 0 Å². The van der Waals surface area contributed by atoms with Gasteiger partial charge in [0.25, 0.3) is 0 Å². The molecule has 1 atom stereocenters. The van der Waals surface area contributed by atoms with Gasteiger partial charge in [0.2, 0.25) is 15.9 Å². The summed E-state index contributed by atoms with van der Waals surface area (Å²) in [5.74, 6) is 0.523. The zero-order chi connectivity index (χ0) is 20.7. The number of rotatable bonds is 9. The minimum Gasteiger partial charge on any atom is -0.381 e. The third-order valence-electron chi connectivity index (χ3n) is 5.92. The van der Waals surface area contributed by atoms with Crippen LogP contribution in [0.3, 0.4) is 0 Å². The molecule has 0 aromatic heterocycles. The molecule has 3 rings (SSSR count). The van der Waals surface area contributed by atoms with Crippen molar-refractivity contribution in [2.45, 2.75) is 63.2 Å². The number of ether oxygens (including phenoxy) is 1. The number of likely N-dealkylation sites (tertiary alicyclic amines) is 1. The maximum atomic E-state index is 12.6. The van der Waals surface area contributed by atoms with Gasteiger partial charge in [-0.15, -0.1) is 0 Å². The van der Waals surface area contributed by atoms with Gasteiger partial charge in [-0.05, 0) is 81.0 Å². The van der Waals surface area contributed by atoms with Crippen LogP contribution in [0.15, 0.2) is 23.1 Å². The van der Waals surface area contributed by atoms with Crippen LogP contribution < -0.4 is 4.72 Å². The SMILES string of the molecule is CCOCC1CCCN(C(=O)CCCNS(=O)(=O)c2ccc3c(c2)CCCC3)C1. The average molecular weight is 423 g/mol. The second-order valence-electron chi connectivity index (χ2n) is 8.15. The van der Waals surface area contributed by atoms with Crippen LogP contribution in [0.4, 0.5) is 0 Å². The summed E-state index contributed by atoms with van der Waals surface area (Å²) in [6.45, 7) is 5.22. The molecule has 0 saturated carbocycles. The molecule has 7 heteroatoms. The second-order valence-corrected chi connectivity index (χ2v) is 9.91. The lowest BCUT2D eigenvalue weighted by Crippen LogP contribution is -2.41. The van der Waals surface area contributed by atoms with Crippen LogP contribution in [0.2, 0.25) is 0 Å². The van der Waals surface area contributed by atoms with E-state index >= 15 is 0 Å². The Bertz CT molecular complexity index is 794. The van der Waals surface area contributed by atoms with Crippen LogP contribution in [-0.2, 0) is 32.4 Å². The van der Waals surface area contributed by atoms with Crippen molar-refractivity contribution in [3.8, 4) is 0 Å². The van der Waals surface area contributed by atoms with E-state index in [1.807, 2.05) is 24.0 Å². The normalized spacial score (nSPS) is 19.8. The molecule has 0 spiro atoms. The van der Waals surface area contributed by atoms with Gasteiger partial charge in [0.15, 0.2) is 0 Å². The molecule has 0 bridgehead atoms. The van der Waals surface area contributed by atoms with Crippen molar-refractivity contribution in [1.29, 1.82) is 0 Å². The first-order valence-electron chi connectivity index (χ1n) is 11.0. The van der Waals surface area contributed by atoms with Crippen molar-refractivity contribution in [1.82, 2.24) is 9.62 Å². The predicted octanol–water partition coefficient (Wildman–Crippen LogP) is 2.90. The highest BCUT2D eigenvalue weighted by atomic mass is 32.2. The Labute approximate surface area is 175 Å². The Hall–Kier alpha value is -1.44. The number of nitrogens with zero attached hydrogens (tertiary/aromatic N) is 1. The number of carbonyl (C=O) groups excluding carboxylic acids is 1. The lowest BCUT2D eigenvalue weighted by atomic mass is 9.92. The topological polar surface area (TPSA) is 75.7 Å². The highest BCUT2D eigenvalue weighted by molar-refractivity contribution is 7.89. The van der Waals surface area contributed by atoms with Crippen molar-refractivity contribution in [2.24, 2.45) is 5.92 Å². The van der Waals surface area contributed by atoms with E-state index in [9.17, 15) is 13.2 Å². The number of amides is 1. The molecule has 1 aliphatic heterocycles. The molecule has 1 aliphatic carbocycles. The van der Waals surface area contributed by atoms with E-state index in [0.717, 1.165) is 50.8 Å². The summed E-state index contributed by atoms with van der Waals surface area (Å²) in [6, 6.07) is 5.46. The van der Waals surface area contributed by atoms with Crippen LogP contribution in [0, 0.1) is 5.92 Å². The quantitative estimate of drug-likeness (QED) is 0.621. The summed E-state index contributed by atoms with van der Waals surface area (Å²) >= 11 is 0. The monoisotopic (exact) mass is 422 g/mol. The number of aryl methyl sites for hydroxylation is 2. The smallest absolute Gasteiger partial charge is 0.240 e. The van der Waals surface area contributed by atoms with Crippen molar-refractivity contribution in [3.63, 3.8) is 0 Å². The third kappa shape index (κ3) is 6.27. The highest BCUT2D eigenvalue weighted by Crippen LogP contribution is 2.24. The van der Waals surface area contributed by atoms with Crippen LogP contribution in [0.1, 0.15) is 56.6 Å². The molecule has 1 fully saturated rings. The Morgan fingerprint density at radius 3 is 2.79 bits per heavy atom. The summed E-state index contributed by atoms with van der Waals surface area (Å²) in [4.78, 5) is 14.7. The number of hydrogen-bond acceptors (Lipinski definition) is 4. The molecular weight excluding hydrogens is 388 g/mol. The summed E-state index contributed by atoms with van der Waals surface area (Å²) in [5.41, 5.74) is 2.42. The van der Waals surface area contributed by atoms with E-state index in [-0.39, 0.29) is 12.5 Å². The molecule has 2 aliphatic rings. The average Bonchev–Trinajstić information content (AvgIpc) is 2.75. The molecule has 1 unspecified atom stereocenters. The van der Waals surface area contributed by atoms with E-state index in [1.54, 1.807) is 6.07 Å². The lowest BCUT2D eigenvalue weighted by molar-refractivity contribution is -0.133. The van der Waals surface area contributed by atoms with Gasteiger partial charge in [0.05, 0.1) is 11.5 Å². The molecule has 1 aromatic carbocycles. The summed E-state index contributed by atoms with van der Waals surface area (Å²) in [6.07, 6.45) is 7.27. The van der Waals surface area contributed by atoms with Gasteiger partial charge in [-0.1, -0.05) is 6.07 Å². The Balaban J connectivity index is 1.44. The standard InChI is InChI=1S/C22H34N2O4S/c1-2-28-17-18-7-6-14-24(16-18)22(25)10-5-13-23-29(26,27)21-12-11-19-8-3-4-9-20(19)15-21/h11-12,15,18,23H,2-10,13-14,16-17H2,1H3. The summed E-state index contributed by atoms with van der Waals surface area (Å²) in [7, 11) is -3.53. The van der Waals surface area contributed by atoms with Gasteiger partial charge in [-0.25, -0.2) is 13.1 Å².